The zero-order valence-corrected chi connectivity index (χ0v) is 11.8. The molecular formula is C14H12BrClO. The Bertz CT molecular complexity index is 511. The molecule has 0 amide bonds. The lowest BCUT2D eigenvalue weighted by Crippen LogP contribution is -1.96. The van der Waals surface area contributed by atoms with E-state index in [2.05, 4.69) is 15.9 Å². The molecule has 2 aromatic carbocycles. The molecule has 0 aliphatic carbocycles. The Morgan fingerprint density at radius 1 is 1.18 bits per heavy atom. The molecule has 0 aromatic heterocycles. The van der Waals surface area contributed by atoms with Crippen LogP contribution in [0, 0.1) is 6.92 Å². The molecule has 1 nitrogen and oxygen atoms in total. The average Bonchev–Trinajstić information content (AvgIpc) is 2.33. The number of hydrogen-bond acceptors (Lipinski definition) is 1. The van der Waals surface area contributed by atoms with Crippen molar-refractivity contribution in [3.05, 3.63) is 63.1 Å². The largest absolute Gasteiger partial charge is 0.489 e. The highest BCUT2D eigenvalue weighted by Crippen LogP contribution is 2.30. The van der Waals surface area contributed by atoms with E-state index in [4.69, 9.17) is 16.3 Å². The third-order valence-corrected chi connectivity index (χ3v) is 3.65. The van der Waals surface area contributed by atoms with E-state index in [-0.39, 0.29) is 0 Å². The molecule has 0 atom stereocenters. The number of ether oxygens (including phenoxy) is 1. The number of hydrogen-bond donors (Lipinski definition) is 0. The highest BCUT2D eigenvalue weighted by Gasteiger charge is 2.05. The van der Waals surface area contributed by atoms with Gasteiger partial charge in [-0.2, -0.15) is 0 Å². The van der Waals surface area contributed by atoms with Crippen LogP contribution in [0.15, 0.2) is 46.9 Å². The predicted octanol–water partition coefficient (Wildman–Crippen LogP) is 4.99. The first-order chi connectivity index (χ1) is 8.16. The van der Waals surface area contributed by atoms with Crippen LogP contribution in [0.2, 0.25) is 5.02 Å². The van der Waals surface area contributed by atoms with Gasteiger partial charge in [-0.05, 0) is 40.0 Å². The van der Waals surface area contributed by atoms with Gasteiger partial charge in [-0.3, -0.25) is 0 Å². The quantitative estimate of drug-likeness (QED) is 0.776. The Hall–Kier alpha value is -0.990. The molecule has 0 bridgehead atoms. The van der Waals surface area contributed by atoms with Crippen molar-refractivity contribution in [2.75, 3.05) is 0 Å². The number of aryl methyl sites for hydroxylation is 1. The van der Waals surface area contributed by atoms with Crippen LogP contribution >= 0.6 is 27.5 Å². The van der Waals surface area contributed by atoms with Crippen LogP contribution in [-0.2, 0) is 6.61 Å². The molecule has 0 unspecified atom stereocenters. The molecule has 0 N–H and O–H groups in total. The van der Waals surface area contributed by atoms with E-state index in [0.29, 0.717) is 11.6 Å². The fourth-order valence-corrected chi connectivity index (χ4v) is 2.13. The minimum absolute atomic E-state index is 0.555. The second kappa shape index (κ2) is 5.56. The van der Waals surface area contributed by atoms with Crippen molar-refractivity contribution in [2.45, 2.75) is 13.5 Å². The molecule has 0 radical (unpaired) electrons. The van der Waals surface area contributed by atoms with Crippen LogP contribution < -0.4 is 4.74 Å². The topological polar surface area (TPSA) is 9.23 Å². The van der Waals surface area contributed by atoms with Crippen LogP contribution in [0.4, 0.5) is 0 Å². The van der Waals surface area contributed by atoms with Crippen molar-refractivity contribution in [2.24, 2.45) is 0 Å². The summed E-state index contributed by atoms with van der Waals surface area (Å²) in [4.78, 5) is 0. The van der Waals surface area contributed by atoms with Crippen LogP contribution in [-0.4, -0.2) is 0 Å². The lowest BCUT2D eigenvalue weighted by Gasteiger charge is -2.10. The Morgan fingerprint density at radius 2 is 1.88 bits per heavy atom. The molecule has 0 spiro atoms. The van der Waals surface area contributed by atoms with Gasteiger partial charge in [-0.1, -0.05) is 41.9 Å². The SMILES string of the molecule is Cc1cc(Br)c(Cl)cc1OCc1ccccc1. The Labute approximate surface area is 115 Å². The van der Waals surface area contributed by atoms with Gasteiger partial charge in [0.05, 0.1) is 5.02 Å². The monoisotopic (exact) mass is 310 g/mol. The summed E-state index contributed by atoms with van der Waals surface area (Å²) in [6.45, 7) is 2.56. The zero-order valence-electron chi connectivity index (χ0n) is 9.41. The molecule has 0 saturated carbocycles. The molecule has 0 fully saturated rings. The van der Waals surface area contributed by atoms with E-state index in [1.807, 2.05) is 49.4 Å². The van der Waals surface area contributed by atoms with Crippen molar-refractivity contribution in [1.29, 1.82) is 0 Å². The molecule has 3 heteroatoms. The highest BCUT2D eigenvalue weighted by molar-refractivity contribution is 9.10. The van der Waals surface area contributed by atoms with E-state index in [1.54, 1.807) is 0 Å². The summed E-state index contributed by atoms with van der Waals surface area (Å²) in [5.41, 5.74) is 2.21. The first kappa shape index (κ1) is 12.5. The van der Waals surface area contributed by atoms with Gasteiger partial charge < -0.3 is 4.74 Å². The Balaban J connectivity index is 2.12. The normalized spacial score (nSPS) is 10.3. The molecule has 0 aliphatic heterocycles. The van der Waals surface area contributed by atoms with E-state index >= 15 is 0 Å². The standard InChI is InChI=1S/C14H12BrClO/c1-10-7-12(15)13(16)8-14(10)17-9-11-5-3-2-4-6-11/h2-8H,9H2,1H3. The molecule has 0 heterocycles. The van der Waals surface area contributed by atoms with Gasteiger partial charge in [0.15, 0.2) is 0 Å². The van der Waals surface area contributed by atoms with Crippen LogP contribution in [0.1, 0.15) is 11.1 Å². The number of halogens is 2. The Kier molecular flexibility index (Phi) is 4.08. The Morgan fingerprint density at radius 3 is 2.59 bits per heavy atom. The lowest BCUT2D eigenvalue weighted by molar-refractivity contribution is 0.304. The van der Waals surface area contributed by atoms with E-state index in [1.165, 1.54) is 0 Å². The number of benzene rings is 2. The number of rotatable bonds is 3. The molecule has 17 heavy (non-hydrogen) atoms. The fourth-order valence-electron chi connectivity index (χ4n) is 1.52. The van der Waals surface area contributed by atoms with Gasteiger partial charge in [0.1, 0.15) is 12.4 Å². The third kappa shape index (κ3) is 3.24. The van der Waals surface area contributed by atoms with Gasteiger partial charge in [0, 0.05) is 10.5 Å². The summed E-state index contributed by atoms with van der Waals surface area (Å²) in [5.74, 6) is 0.821. The lowest BCUT2D eigenvalue weighted by atomic mass is 10.2. The van der Waals surface area contributed by atoms with E-state index in [9.17, 15) is 0 Å². The van der Waals surface area contributed by atoms with Crippen LogP contribution in [0.5, 0.6) is 5.75 Å². The summed E-state index contributed by atoms with van der Waals surface area (Å²) in [5, 5.41) is 0.665. The van der Waals surface area contributed by atoms with Crippen molar-refractivity contribution >= 4 is 27.5 Å². The van der Waals surface area contributed by atoms with Crippen LogP contribution in [0.25, 0.3) is 0 Å². The molecule has 2 aromatic rings. The van der Waals surface area contributed by atoms with Gasteiger partial charge >= 0.3 is 0 Å². The second-order valence-corrected chi connectivity index (χ2v) is 5.07. The fraction of sp³-hybridized carbons (Fsp3) is 0.143. The molecule has 2 rings (SSSR count). The molecule has 0 saturated heterocycles. The molecule has 88 valence electrons. The van der Waals surface area contributed by atoms with Crippen LogP contribution in [0.3, 0.4) is 0 Å². The second-order valence-electron chi connectivity index (χ2n) is 3.81. The summed E-state index contributed by atoms with van der Waals surface area (Å²) < 4.78 is 6.65. The summed E-state index contributed by atoms with van der Waals surface area (Å²) in [7, 11) is 0. The summed E-state index contributed by atoms with van der Waals surface area (Å²) in [6.07, 6.45) is 0. The van der Waals surface area contributed by atoms with E-state index in [0.717, 1.165) is 21.3 Å². The van der Waals surface area contributed by atoms with Crippen molar-refractivity contribution < 1.29 is 4.74 Å². The van der Waals surface area contributed by atoms with Gasteiger partial charge in [0.2, 0.25) is 0 Å². The van der Waals surface area contributed by atoms with Gasteiger partial charge in [-0.15, -0.1) is 0 Å². The van der Waals surface area contributed by atoms with Crippen molar-refractivity contribution in [3.63, 3.8) is 0 Å². The maximum Gasteiger partial charge on any atom is 0.124 e. The first-order valence-electron chi connectivity index (χ1n) is 5.29. The highest BCUT2D eigenvalue weighted by atomic mass is 79.9. The summed E-state index contributed by atoms with van der Waals surface area (Å²) >= 11 is 9.43. The minimum atomic E-state index is 0.555. The molecule has 0 aliphatic rings. The molecular weight excluding hydrogens is 300 g/mol. The third-order valence-electron chi connectivity index (χ3n) is 2.46. The van der Waals surface area contributed by atoms with E-state index < -0.39 is 0 Å². The van der Waals surface area contributed by atoms with Gasteiger partial charge in [-0.25, -0.2) is 0 Å². The first-order valence-corrected chi connectivity index (χ1v) is 6.46. The smallest absolute Gasteiger partial charge is 0.124 e. The van der Waals surface area contributed by atoms with Crippen molar-refractivity contribution in [3.8, 4) is 5.75 Å². The summed E-state index contributed by atoms with van der Waals surface area (Å²) in [6, 6.07) is 13.9. The van der Waals surface area contributed by atoms with Gasteiger partial charge in [0.25, 0.3) is 0 Å². The average molecular weight is 312 g/mol. The minimum Gasteiger partial charge on any atom is -0.489 e. The maximum atomic E-state index is 6.04. The maximum absolute atomic E-state index is 6.04. The predicted molar refractivity (Wildman–Crippen MR) is 74.7 cm³/mol. The van der Waals surface area contributed by atoms with Crippen molar-refractivity contribution in [1.82, 2.24) is 0 Å². The zero-order chi connectivity index (χ0) is 12.3.